The topological polar surface area (TPSA) is 134 Å². The van der Waals surface area contributed by atoms with Crippen molar-refractivity contribution in [3.63, 3.8) is 0 Å². The summed E-state index contributed by atoms with van der Waals surface area (Å²) in [5.41, 5.74) is 2.40. The van der Waals surface area contributed by atoms with Gasteiger partial charge >= 0.3 is 67.0 Å². The van der Waals surface area contributed by atoms with Gasteiger partial charge in [-0.3, -0.25) is 19.6 Å². The van der Waals surface area contributed by atoms with Gasteiger partial charge in [0.2, 0.25) is 0 Å². The summed E-state index contributed by atoms with van der Waals surface area (Å²) < 4.78 is 35.0. The van der Waals surface area contributed by atoms with Crippen LogP contribution in [0, 0.1) is 0 Å². The van der Waals surface area contributed by atoms with Crippen LogP contribution in [-0.2, 0) is 37.2 Å². The molecule has 2 aromatic rings. The molecule has 0 atom stereocenters. The Morgan fingerprint density at radius 2 is 0.825 bits per heavy atom. The molecule has 0 unspecified atom stereocenters. The summed E-state index contributed by atoms with van der Waals surface area (Å²) >= 11 is 0. The Bertz CT molecular complexity index is 1210. The van der Waals surface area contributed by atoms with Gasteiger partial charge in [-0.25, -0.2) is 9.13 Å². The summed E-state index contributed by atoms with van der Waals surface area (Å²) in [6.07, 6.45) is 0.0602. The van der Waals surface area contributed by atoms with Crippen LogP contribution in [0.15, 0.2) is 24.3 Å². The Morgan fingerprint density at radius 1 is 0.550 bits per heavy atom. The summed E-state index contributed by atoms with van der Waals surface area (Å²) in [4.78, 5) is 39.4. The van der Waals surface area contributed by atoms with Crippen LogP contribution in [0.1, 0.15) is 116 Å². The predicted octanol–water partition coefficient (Wildman–Crippen LogP) is 6.76. The third-order valence-corrected chi connectivity index (χ3v) is 7.32. The first kappa shape index (κ1) is 38.0. The zero-order valence-electron chi connectivity index (χ0n) is 25.3. The fraction of sp³-hybridized carbons (Fsp3) is 0.586. The number of phosphoric ester groups is 2. The molecule has 40 heavy (non-hydrogen) atoms. The van der Waals surface area contributed by atoms with Crippen LogP contribution < -0.4 is 9.05 Å². The Kier molecular flexibility index (Phi) is 11.9. The molecule has 4 N–H and O–H groups in total. The van der Waals surface area contributed by atoms with E-state index in [0.29, 0.717) is 22.3 Å². The van der Waals surface area contributed by atoms with Gasteiger partial charge in [0.05, 0.1) is 0 Å². The van der Waals surface area contributed by atoms with Gasteiger partial charge in [0.25, 0.3) is 0 Å². The summed E-state index contributed by atoms with van der Waals surface area (Å²) in [5, 5.41) is 0. The van der Waals surface area contributed by atoms with Crippen molar-refractivity contribution in [1.29, 1.82) is 0 Å². The predicted molar refractivity (Wildman–Crippen MR) is 163 cm³/mol. The Balaban J connectivity index is 0.00000800. The van der Waals surface area contributed by atoms with E-state index in [1.165, 1.54) is 0 Å². The van der Waals surface area contributed by atoms with E-state index < -0.39 is 26.5 Å². The zero-order valence-corrected chi connectivity index (χ0v) is 27.1. The molecule has 0 amide bonds. The van der Waals surface area contributed by atoms with E-state index in [9.17, 15) is 28.7 Å². The van der Waals surface area contributed by atoms with E-state index in [-0.39, 0.29) is 80.1 Å². The molecule has 0 aliphatic carbocycles. The Hall–Kier alpha value is -0.0236. The first-order valence-electron chi connectivity index (χ1n) is 13.0. The standard InChI is InChI=1S/C29H46O8P2.K.H/c1-26(2,3)20-14-18(24(36-38(30,31)32)22(16-20)28(7,8)9)13-19-15-21(27(4,5)6)17-23(29(10,11)12)25(19)37-39(33,34)35;;/h14-17H,13H2,1-12H3,(H2,30,31,32)(H2,33,34,35);;. The number of hydrogen-bond acceptors (Lipinski definition) is 4. The second-order valence-corrected chi connectivity index (χ2v) is 16.7. The van der Waals surface area contributed by atoms with Gasteiger partial charge in [-0.15, -0.1) is 0 Å². The molecule has 2 aromatic carbocycles. The monoisotopic (exact) mass is 624 g/mol. The van der Waals surface area contributed by atoms with Crippen molar-refractivity contribution < 1.29 is 37.8 Å². The fourth-order valence-corrected chi connectivity index (χ4v) is 5.19. The van der Waals surface area contributed by atoms with Gasteiger partial charge in [0, 0.05) is 17.5 Å². The molecule has 11 heteroatoms. The number of rotatable bonds is 6. The van der Waals surface area contributed by atoms with Crippen LogP contribution in [0.25, 0.3) is 0 Å². The molecule has 0 saturated heterocycles. The number of hydrogen-bond donors (Lipinski definition) is 4. The molecule has 0 aliphatic heterocycles. The molecule has 0 saturated carbocycles. The molecule has 0 heterocycles. The quantitative estimate of drug-likeness (QED) is 0.205. The van der Waals surface area contributed by atoms with E-state index in [2.05, 4.69) is 0 Å². The molecular weight excluding hydrogens is 577 g/mol. The molecule has 0 bridgehead atoms. The van der Waals surface area contributed by atoms with E-state index in [1.807, 2.05) is 107 Å². The van der Waals surface area contributed by atoms with E-state index >= 15 is 0 Å². The van der Waals surface area contributed by atoms with Crippen molar-refractivity contribution in [2.75, 3.05) is 0 Å². The maximum absolute atomic E-state index is 12.1. The van der Waals surface area contributed by atoms with Gasteiger partial charge in [0.1, 0.15) is 11.5 Å². The second kappa shape index (κ2) is 12.5. The minimum absolute atomic E-state index is 0. The fourth-order valence-electron chi connectivity index (χ4n) is 4.28. The van der Waals surface area contributed by atoms with E-state index in [1.54, 1.807) is 0 Å². The van der Waals surface area contributed by atoms with Crippen LogP contribution in [0.3, 0.4) is 0 Å². The molecule has 0 aromatic heterocycles. The summed E-state index contributed by atoms with van der Waals surface area (Å²) in [5.74, 6) is 0.119. The molecule has 0 aliphatic rings. The SMILES string of the molecule is CC(C)(C)c1cc(Cc2cc(C(C)(C)C)cc(C(C)(C)C)c2OP(=O)(O)O)c(OP(=O)(O)O)c(C(C)(C)C)c1.[KH]. The molecule has 222 valence electrons. The maximum atomic E-state index is 12.1. The van der Waals surface area contributed by atoms with Crippen molar-refractivity contribution in [3.8, 4) is 11.5 Å². The molecular formula is C29H47KO8P2. The second-order valence-electron chi connectivity index (χ2n) is 14.4. The zero-order chi connectivity index (χ0) is 30.6. The first-order chi connectivity index (χ1) is 17.1. The number of phosphoric acid groups is 2. The van der Waals surface area contributed by atoms with Gasteiger partial charge in [-0.1, -0.05) is 107 Å². The average Bonchev–Trinajstić information content (AvgIpc) is 2.64. The van der Waals surface area contributed by atoms with Crippen molar-refractivity contribution in [2.45, 2.75) is 111 Å². The van der Waals surface area contributed by atoms with Crippen molar-refractivity contribution in [2.24, 2.45) is 0 Å². The minimum atomic E-state index is -4.94. The van der Waals surface area contributed by atoms with Gasteiger partial charge in [-0.2, -0.15) is 0 Å². The average molecular weight is 625 g/mol. The Morgan fingerprint density at radius 3 is 1.02 bits per heavy atom. The van der Waals surface area contributed by atoms with Crippen LogP contribution >= 0.6 is 15.6 Å². The molecule has 0 fully saturated rings. The molecule has 0 radical (unpaired) electrons. The van der Waals surface area contributed by atoms with Crippen molar-refractivity contribution in [3.05, 3.63) is 57.6 Å². The third-order valence-electron chi connectivity index (χ3n) is 6.48. The van der Waals surface area contributed by atoms with Crippen LogP contribution in [0.4, 0.5) is 0 Å². The third kappa shape index (κ3) is 10.6. The Labute approximate surface area is 282 Å². The molecule has 8 nitrogen and oxygen atoms in total. The number of benzene rings is 2. The molecule has 0 spiro atoms. The van der Waals surface area contributed by atoms with Crippen molar-refractivity contribution >= 4 is 67.0 Å². The summed E-state index contributed by atoms with van der Waals surface area (Å²) in [7, 11) is -9.89. The van der Waals surface area contributed by atoms with E-state index in [0.717, 1.165) is 11.1 Å². The normalized spacial score (nSPS) is 13.6. The van der Waals surface area contributed by atoms with Crippen LogP contribution in [-0.4, -0.2) is 71.0 Å². The van der Waals surface area contributed by atoms with Gasteiger partial charge in [0.15, 0.2) is 0 Å². The molecule has 2 rings (SSSR count). The van der Waals surface area contributed by atoms with E-state index in [4.69, 9.17) is 9.05 Å². The summed E-state index contributed by atoms with van der Waals surface area (Å²) in [6, 6.07) is 7.52. The van der Waals surface area contributed by atoms with Crippen molar-refractivity contribution in [1.82, 2.24) is 0 Å². The summed E-state index contributed by atoms with van der Waals surface area (Å²) in [6.45, 7) is 23.9. The van der Waals surface area contributed by atoms with Crippen LogP contribution in [0.5, 0.6) is 11.5 Å². The van der Waals surface area contributed by atoms with Crippen LogP contribution in [0.2, 0.25) is 0 Å². The van der Waals surface area contributed by atoms with Gasteiger partial charge in [-0.05, 0) is 43.9 Å². The first-order valence-corrected chi connectivity index (χ1v) is 16.0. The van der Waals surface area contributed by atoms with Gasteiger partial charge < -0.3 is 9.05 Å².